The Labute approximate surface area is 96.3 Å². The molecule has 5 nitrogen and oxygen atoms in total. The van der Waals surface area contributed by atoms with Crippen LogP contribution in [0.5, 0.6) is 0 Å². The molecule has 0 bridgehead atoms. The van der Waals surface area contributed by atoms with Crippen LogP contribution in [-0.2, 0) is 0 Å². The fourth-order valence-electron chi connectivity index (χ4n) is 1.67. The maximum atomic E-state index is 12.0. The second-order valence-corrected chi connectivity index (χ2v) is 3.86. The Balaban J connectivity index is 2.64. The Bertz CT molecular complexity index is 306. The summed E-state index contributed by atoms with van der Waals surface area (Å²) in [6.07, 6.45) is 3.55. The number of aromatic amines is 1. The van der Waals surface area contributed by atoms with Crippen LogP contribution in [0.2, 0.25) is 0 Å². The highest BCUT2D eigenvalue weighted by Crippen LogP contribution is 2.11. The van der Waals surface area contributed by atoms with E-state index in [0.29, 0.717) is 18.3 Å². The van der Waals surface area contributed by atoms with E-state index in [1.165, 1.54) is 6.33 Å². The maximum Gasteiger partial charge on any atom is 0.291 e. The summed E-state index contributed by atoms with van der Waals surface area (Å²) in [7, 11) is 0. The van der Waals surface area contributed by atoms with Crippen molar-refractivity contribution in [3.63, 3.8) is 0 Å². The standard InChI is InChI=1S/C11H20N4O/c1-4-9(5-2)7-15(6-3)11(16)10-12-8-13-14-10/h8-9H,4-7H2,1-3H3,(H,12,13,14). The smallest absolute Gasteiger partial charge is 0.291 e. The lowest BCUT2D eigenvalue weighted by Gasteiger charge is -2.24. The number of hydrogen-bond donors (Lipinski definition) is 1. The quantitative estimate of drug-likeness (QED) is 0.800. The molecule has 1 aromatic heterocycles. The molecule has 1 N–H and O–H groups in total. The fourth-order valence-corrected chi connectivity index (χ4v) is 1.67. The van der Waals surface area contributed by atoms with Crippen molar-refractivity contribution in [3.05, 3.63) is 12.2 Å². The van der Waals surface area contributed by atoms with Gasteiger partial charge >= 0.3 is 0 Å². The molecule has 90 valence electrons. The number of aromatic nitrogens is 3. The number of nitrogens with one attached hydrogen (secondary N) is 1. The van der Waals surface area contributed by atoms with Crippen molar-refractivity contribution in [3.8, 4) is 0 Å². The van der Waals surface area contributed by atoms with Crippen LogP contribution >= 0.6 is 0 Å². The zero-order valence-corrected chi connectivity index (χ0v) is 10.2. The Morgan fingerprint density at radius 2 is 2.12 bits per heavy atom. The summed E-state index contributed by atoms with van der Waals surface area (Å²) < 4.78 is 0. The monoisotopic (exact) mass is 224 g/mol. The molecule has 0 saturated carbocycles. The number of nitrogens with zero attached hydrogens (tertiary/aromatic N) is 3. The van der Waals surface area contributed by atoms with E-state index in [-0.39, 0.29) is 5.91 Å². The van der Waals surface area contributed by atoms with Gasteiger partial charge in [-0.3, -0.25) is 9.89 Å². The van der Waals surface area contributed by atoms with Gasteiger partial charge in [-0.2, -0.15) is 5.10 Å². The average molecular weight is 224 g/mol. The van der Waals surface area contributed by atoms with Crippen LogP contribution in [0.15, 0.2) is 6.33 Å². The molecule has 0 atom stereocenters. The Morgan fingerprint density at radius 1 is 1.44 bits per heavy atom. The van der Waals surface area contributed by atoms with Crippen LogP contribution in [0.25, 0.3) is 0 Å². The Hall–Kier alpha value is -1.39. The van der Waals surface area contributed by atoms with Gasteiger partial charge in [-0.1, -0.05) is 26.7 Å². The van der Waals surface area contributed by atoms with Crippen molar-refractivity contribution in [2.75, 3.05) is 13.1 Å². The highest BCUT2D eigenvalue weighted by Gasteiger charge is 2.19. The molecule has 1 amide bonds. The summed E-state index contributed by atoms with van der Waals surface area (Å²) in [6.45, 7) is 7.79. The van der Waals surface area contributed by atoms with Gasteiger partial charge in [-0.25, -0.2) is 4.98 Å². The first-order valence-corrected chi connectivity index (χ1v) is 5.87. The number of H-pyrrole nitrogens is 1. The van der Waals surface area contributed by atoms with Gasteiger partial charge in [0.1, 0.15) is 6.33 Å². The van der Waals surface area contributed by atoms with Crippen molar-refractivity contribution in [1.82, 2.24) is 20.1 Å². The molecule has 0 aliphatic heterocycles. The van der Waals surface area contributed by atoms with Crippen molar-refractivity contribution < 1.29 is 4.79 Å². The van der Waals surface area contributed by atoms with Crippen molar-refractivity contribution in [2.24, 2.45) is 5.92 Å². The molecule has 0 aromatic carbocycles. The number of amides is 1. The van der Waals surface area contributed by atoms with Gasteiger partial charge in [-0.05, 0) is 12.8 Å². The first-order valence-electron chi connectivity index (χ1n) is 5.87. The van der Waals surface area contributed by atoms with E-state index in [2.05, 4.69) is 29.0 Å². The fraction of sp³-hybridized carbons (Fsp3) is 0.727. The third kappa shape index (κ3) is 3.05. The average Bonchev–Trinajstić information content (AvgIpc) is 2.83. The van der Waals surface area contributed by atoms with Gasteiger partial charge in [0.15, 0.2) is 0 Å². The predicted molar refractivity (Wildman–Crippen MR) is 62.0 cm³/mol. The number of carbonyl (C=O) groups is 1. The van der Waals surface area contributed by atoms with E-state index in [1.54, 1.807) is 0 Å². The molecule has 0 aliphatic rings. The van der Waals surface area contributed by atoms with Gasteiger partial charge in [-0.15, -0.1) is 0 Å². The van der Waals surface area contributed by atoms with Crippen molar-refractivity contribution in [1.29, 1.82) is 0 Å². The summed E-state index contributed by atoms with van der Waals surface area (Å²) in [5, 5.41) is 6.30. The first-order chi connectivity index (χ1) is 7.72. The lowest BCUT2D eigenvalue weighted by molar-refractivity contribution is 0.0723. The molecule has 0 aliphatic carbocycles. The van der Waals surface area contributed by atoms with Gasteiger partial charge in [0.25, 0.3) is 5.91 Å². The van der Waals surface area contributed by atoms with E-state index in [4.69, 9.17) is 0 Å². The van der Waals surface area contributed by atoms with Crippen LogP contribution in [0.3, 0.4) is 0 Å². The summed E-state index contributed by atoms with van der Waals surface area (Å²) in [4.78, 5) is 17.7. The summed E-state index contributed by atoms with van der Waals surface area (Å²) in [5.74, 6) is 0.825. The summed E-state index contributed by atoms with van der Waals surface area (Å²) >= 11 is 0. The molecule has 0 saturated heterocycles. The molecule has 5 heteroatoms. The van der Waals surface area contributed by atoms with Gasteiger partial charge < -0.3 is 4.90 Å². The number of carbonyl (C=O) groups excluding carboxylic acids is 1. The molecule has 1 rings (SSSR count). The lowest BCUT2D eigenvalue weighted by atomic mass is 10.0. The zero-order chi connectivity index (χ0) is 12.0. The molecule has 1 heterocycles. The minimum Gasteiger partial charge on any atom is -0.336 e. The zero-order valence-electron chi connectivity index (χ0n) is 10.2. The van der Waals surface area contributed by atoms with E-state index < -0.39 is 0 Å². The Kier molecular flexibility index (Phi) is 4.95. The van der Waals surface area contributed by atoms with Gasteiger partial charge in [0.2, 0.25) is 5.82 Å². The maximum absolute atomic E-state index is 12.0. The Morgan fingerprint density at radius 3 is 2.56 bits per heavy atom. The minimum atomic E-state index is -0.0631. The predicted octanol–water partition coefficient (Wildman–Crippen LogP) is 1.70. The van der Waals surface area contributed by atoms with Crippen molar-refractivity contribution in [2.45, 2.75) is 33.6 Å². The van der Waals surface area contributed by atoms with Crippen LogP contribution in [0, 0.1) is 5.92 Å². The second-order valence-electron chi connectivity index (χ2n) is 3.86. The van der Waals surface area contributed by atoms with Gasteiger partial charge in [0.05, 0.1) is 0 Å². The molecule has 0 spiro atoms. The van der Waals surface area contributed by atoms with Crippen molar-refractivity contribution >= 4 is 5.91 Å². The van der Waals surface area contributed by atoms with Crippen LogP contribution < -0.4 is 0 Å². The molecule has 0 radical (unpaired) electrons. The lowest BCUT2D eigenvalue weighted by Crippen LogP contribution is -2.35. The normalized spacial score (nSPS) is 10.8. The number of rotatable bonds is 6. The topological polar surface area (TPSA) is 61.9 Å². The highest BCUT2D eigenvalue weighted by atomic mass is 16.2. The van der Waals surface area contributed by atoms with E-state index in [0.717, 1.165) is 19.4 Å². The van der Waals surface area contributed by atoms with Crippen LogP contribution in [-0.4, -0.2) is 39.1 Å². The minimum absolute atomic E-state index is 0.0631. The SMILES string of the molecule is CCC(CC)CN(CC)C(=O)c1ncn[nH]1. The third-order valence-electron chi connectivity index (χ3n) is 2.92. The molecular weight excluding hydrogens is 204 g/mol. The van der Waals surface area contributed by atoms with Crippen LogP contribution in [0.4, 0.5) is 0 Å². The first kappa shape index (κ1) is 12.7. The number of hydrogen-bond acceptors (Lipinski definition) is 3. The van der Waals surface area contributed by atoms with Gasteiger partial charge in [0, 0.05) is 13.1 Å². The largest absolute Gasteiger partial charge is 0.336 e. The molecule has 16 heavy (non-hydrogen) atoms. The molecular formula is C11H20N4O. The van der Waals surface area contributed by atoms with Crippen LogP contribution in [0.1, 0.15) is 44.2 Å². The molecule has 0 unspecified atom stereocenters. The second kappa shape index (κ2) is 6.25. The summed E-state index contributed by atoms with van der Waals surface area (Å²) in [6, 6.07) is 0. The van der Waals surface area contributed by atoms with E-state index >= 15 is 0 Å². The molecule has 1 aromatic rings. The summed E-state index contributed by atoms with van der Waals surface area (Å²) in [5.41, 5.74) is 0. The third-order valence-corrected chi connectivity index (χ3v) is 2.92. The van der Waals surface area contributed by atoms with E-state index in [1.807, 2.05) is 11.8 Å². The molecule has 0 fully saturated rings. The highest BCUT2D eigenvalue weighted by molar-refractivity contribution is 5.90. The van der Waals surface area contributed by atoms with E-state index in [9.17, 15) is 4.79 Å².